The van der Waals surface area contributed by atoms with Crippen LogP contribution in [0.4, 0.5) is 0 Å². The Bertz CT molecular complexity index is 578. The van der Waals surface area contributed by atoms with Crippen molar-refractivity contribution in [2.75, 3.05) is 0 Å². The summed E-state index contributed by atoms with van der Waals surface area (Å²) in [5, 5.41) is 40.4. The standard InChI is InChI=1S/C18H26O8.7CH4.2Li/c1-3-4-5-9-13(17(23)24)14(18(25)26)10-7-6-8-12(16(21)22)11(2)15(19)20;;;;;;;;;/h4-7,11-14H,3,8-10H2,1-2H3,(H,19,20)(H,21,22)(H,23,24)(H,25,26);7*1H4;;/q;;;;;;;;2*+1/p-2. The molecule has 4 unspecified atom stereocenters. The minimum absolute atomic E-state index is 0. The fraction of sp³-hybridized carbons (Fsp3) is 0.680. The van der Waals surface area contributed by atoms with Gasteiger partial charge >= 0.3 is 49.7 Å². The topological polar surface area (TPSA) is 155 Å². The van der Waals surface area contributed by atoms with E-state index >= 15 is 0 Å². The summed E-state index contributed by atoms with van der Waals surface area (Å²) in [7, 11) is 0. The molecule has 0 radical (unpaired) electrons. The van der Waals surface area contributed by atoms with E-state index in [-0.39, 0.29) is 109 Å². The van der Waals surface area contributed by atoms with E-state index in [1.165, 1.54) is 19.1 Å². The van der Waals surface area contributed by atoms with Gasteiger partial charge in [0, 0.05) is 23.8 Å². The second kappa shape index (κ2) is 34.7. The average molecular weight is 495 g/mol. The molecule has 202 valence electrons. The number of rotatable bonds is 13. The Labute approximate surface area is 240 Å². The molecule has 0 saturated carbocycles. The fourth-order valence-electron chi connectivity index (χ4n) is 2.44. The molecular formula is C25H52Li2O8. The predicted molar refractivity (Wildman–Crippen MR) is 134 cm³/mol. The number of allylic oxidation sites excluding steroid dienone is 4. The molecule has 8 nitrogen and oxygen atoms in total. The smallest absolute Gasteiger partial charge is 0.550 e. The molecule has 0 aliphatic heterocycles. The van der Waals surface area contributed by atoms with Crippen LogP contribution in [0.25, 0.3) is 0 Å². The Morgan fingerprint density at radius 1 is 0.629 bits per heavy atom. The normalized spacial score (nSPS) is 12.1. The van der Waals surface area contributed by atoms with Gasteiger partial charge in [-0.15, -0.1) is 0 Å². The van der Waals surface area contributed by atoms with Crippen LogP contribution in [0.2, 0.25) is 0 Å². The summed E-state index contributed by atoms with van der Waals surface area (Å²) in [6.45, 7) is 3.05. The molecule has 0 spiro atoms. The summed E-state index contributed by atoms with van der Waals surface area (Å²) in [5.41, 5.74) is 0. The van der Waals surface area contributed by atoms with Gasteiger partial charge in [0.1, 0.15) is 0 Å². The second-order valence-electron chi connectivity index (χ2n) is 5.98. The van der Waals surface area contributed by atoms with Crippen LogP contribution < -0.4 is 47.9 Å². The molecule has 0 rings (SSSR count). The fourth-order valence-corrected chi connectivity index (χ4v) is 2.44. The zero-order chi connectivity index (χ0) is 20.3. The van der Waals surface area contributed by atoms with Crippen molar-refractivity contribution in [1.82, 2.24) is 0 Å². The van der Waals surface area contributed by atoms with Crippen molar-refractivity contribution in [3.8, 4) is 0 Å². The van der Waals surface area contributed by atoms with E-state index in [4.69, 9.17) is 0 Å². The molecule has 0 bridgehead atoms. The van der Waals surface area contributed by atoms with Gasteiger partial charge in [0.2, 0.25) is 0 Å². The van der Waals surface area contributed by atoms with E-state index in [0.717, 1.165) is 0 Å². The van der Waals surface area contributed by atoms with E-state index in [0.29, 0.717) is 6.42 Å². The molecule has 0 aromatic carbocycles. The van der Waals surface area contributed by atoms with Crippen molar-refractivity contribution in [2.45, 2.75) is 91.5 Å². The largest absolute Gasteiger partial charge is 1.00 e. The van der Waals surface area contributed by atoms with Crippen molar-refractivity contribution < 1.29 is 77.3 Å². The first-order valence-electron chi connectivity index (χ1n) is 8.30. The molecule has 0 saturated heterocycles. The quantitative estimate of drug-likeness (QED) is 0.227. The Kier molecular flexibility index (Phi) is 63.6. The van der Waals surface area contributed by atoms with Crippen LogP contribution in [-0.2, 0) is 19.2 Å². The third kappa shape index (κ3) is 25.5. The summed E-state index contributed by atoms with van der Waals surface area (Å²) >= 11 is 0. The van der Waals surface area contributed by atoms with Gasteiger partial charge in [0.25, 0.3) is 0 Å². The van der Waals surface area contributed by atoms with Crippen LogP contribution in [0.5, 0.6) is 0 Å². The molecule has 10 heteroatoms. The predicted octanol–water partition coefficient (Wildman–Crippen LogP) is -1.71. The van der Waals surface area contributed by atoms with Gasteiger partial charge in [-0.05, 0) is 25.7 Å². The van der Waals surface area contributed by atoms with Gasteiger partial charge in [0.15, 0.2) is 0 Å². The maximum atomic E-state index is 11.4. The summed E-state index contributed by atoms with van der Waals surface area (Å²) < 4.78 is 0. The van der Waals surface area contributed by atoms with Crippen LogP contribution in [0.3, 0.4) is 0 Å². The van der Waals surface area contributed by atoms with Crippen LogP contribution in [0.1, 0.15) is 91.5 Å². The number of hydrogen-bond donors (Lipinski definition) is 2. The molecule has 0 amide bonds. The van der Waals surface area contributed by atoms with Crippen LogP contribution >= 0.6 is 0 Å². The molecule has 0 aliphatic rings. The Hall–Kier alpha value is -1.45. The van der Waals surface area contributed by atoms with Crippen molar-refractivity contribution in [3.05, 3.63) is 24.3 Å². The Morgan fingerprint density at radius 2 is 0.914 bits per heavy atom. The van der Waals surface area contributed by atoms with Gasteiger partial charge < -0.3 is 30.0 Å². The minimum Gasteiger partial charge on any atom is -0.550 e. The summed E-state index contributed by atoms with van der Waals surface area (Å²) in [6.07, 6.45) is 6.51. The van der Waals surface area contributed by atoms with E-state index in [2.05, 4.69) is 0 Å². The minimum atomic E-state index is -1.55. The zero-order valence-electron chi connectivity index (χ0n) is 16.8. The third-order valence-corrected chi connectivity index (χ3v) is 4.14. The number of carbonyl (C=O) groups excluding carboxylic acids is 2. The van der Waals surface area contributed by atoms with Crippen LogP contribution in [0, 0.1) is 23.7 Å². The molecule has 35 heavy (non-hydrogen) atoms. The SMILES string of the molecule is C.C.C.C.C.C.C.CCC=CCC(C(=O)O)C(CC=CCC(C(=O)[O-])C(C)C(=O)[O-])C(=O)O.[Li+].[Li+]. The number of carbonyl (C=O) groups is 4. The molecule has 0 aliphatic carbocycles. The van der Waals surface area contributed by atoms with E-state index in [1.807, 2.05) is 6.92 Å². The summed E-state index contributed by atoms with van der Waals surface area (Å²) in [6, 6.07) is 0. The first-order valence-corrected chi connectivity index (χ1v) is 8.30. The van der Waals surface area contributed by atoms with Gasteiger partial charge in [-0.3, -0.25) is 9.59 Å². The van der Waals surface area contributed by atoms with Crippen LogP contribution in [-0.4, -0.2) is 34.1 Å². The first-order chi connectivity index (χ1) is 12.1. The number of aliphatic carboxylic acids is 4. The monoisotopic (exact) mass is 494 g/mol. The molecule has 0 aromatic heterocycles. The molecule has 2 N–H and O–H groups in total. The van der Waals surface area contributed by atoms with Crippen molar-refractivity contribution in [1.29, 1.82) is 0 Å². The molecule has 0 heterocycles. The van der Waals surface area contributed by atoms with Crippen molar-refractivity contribution in [3.63, 3.8) is 0 Å². The maximum absolute atomic E-state index is 11.4. The van der Waals surface area contributed by atoms with Gasteiger partial charge in [-0.25, -0.2) is 0 Å². The zero-order valence-corrected chi connectivity index (χ0v) is 16.8. The van der Waals surface area contributed by atoms with Gasteiger partial charge in [-0.2, -0.15) is 0 Å². The molecular weight excluding hydrogens is 442 g/mol. The summed E-state index contributed by atoms with van der Waals surface area (Å²) in [4.78, 5) is 44.6. The molecule has 0 aromatic rings. The maximum Gasteiger partial charge on any atom is 1.00 e. The number of carboxylic acids is 4. The van der Waals surface area contributed by atoms with Gasteiger partial charge in [-0.1, -0.05) is 90.1 Å². The Morgan fingerprint density at radius 3 is 1.14 bits per heavy atom. The van der Waals surface area contributed by atoms with E-state index < -0.39 is 47.5 Å². The number of carboxylic acid groups (broad SMARTS) is 4. The van der Waals surface area contributed by atoms with Crippen LogP contribution in [0.15, 0.2) is 24.3 Å². The van der Waals surface area contributed by atoms with E-state index in [1.54, 1.807) is 12.2 Å². The first kappa shape index (κ1) is 64.1. The average Bonchev–Trinajstić information content (AvgIpc) is 2.54. The van der Waals surface area contributed by atoms with Crippen molar-refractivity contribution >= 4 is 23.9 Å². The number of hydrogen-bond acceptors (Lipinski definition) is 6. The molecule has 0 fully saturated rings. The molecule has 4 atom stereocenters. The Balaban J connectivity index is -0.0000000868. The van der Waals surface area contributed by atoms with E-state index in [9.17, 15) is 39.6 Å². The summed E-state index contributed by atoms with van der Waals surface area (Å²) in [5.74, 6) is -10.5. The third-order valence-electron chi connectivity index (χ3n) is 4.14. The van der Waals surface area contributed by atoms with Gasteiger partial charge in [0.05, 0.1) is 11.8 Å². The second-order valence-corrected chi connectivity index (χ2v) is 5.98. The van der Waals surface area contributed by atoms with Crippen molar-refractivity contribution in [2.24, 2.45) is 23.7 Å².